The van der Waals surface area contributed by atoms with Crippen LogP contribution in [0.4, 0.5) is 0 Å². The third kappa shape index (κ3) is 3.32. The van der Waals surface area contributed by atoms with Crippen molar-refractivity contribution in [1.82, 2.24) is 24.9 Å². The molecule has 1 saturated heterocycles. The molecule has 0 bridgehead atoms. The molecule has 3 heterocycles. The molecule has 0 spiro atoms. The summed E-state index contributed by atoms with van der Waals surface area (Å²) in [5, 5.41) is 13.0. The van der Waals surface area contributed by atoms with Gasteiger partial charge in [0.15, 0.2) is 0 Å². The van der Waals surface area contributed by atoms with Crippen LogP contribution < -0.4 is 5.56 Å². The molecule has 2 aromatic heterocycles. The summed E-state index contributed by atoms with van der Waals surface area (Å²) in [4.78, 5) is 14.7. The number of hydrogen-bond donors (Lipinski definition) is 0. The molecule has 138 valence electrons. The molecule has 0 unspecified atom stereocenters. The van der Waals surface area contributed by atoms with E-state index in [9.17, 15) is 4.79 Å². The highest BCUT2D eigenvalue weighted by Crippen LogP contribution is 2.39. The van der Waals surface area contributed by atoms with Crippen molar-refractivity contribution in [2.24, 2.45) is 5.92 Å². The van der Waals surface area contributed by atoms with Crippen LogP contribution in [0.1, 0.15) is 61.1 Å². The maximum absolute atomic E-state index is 12.3. The minimum atomic E-state index is 0.0616. The molecule has 1 saturated carbocycles. The van der Waals surface area contributed by atoms with Crippen LogP contribution in [0.2, 0.25) is 0 Å². The van der Waals surface area contributed by atoms with Crippen molar-refractivity contribution in [2.75, 3.05) is 13.1 Å². The molecule has 2 fully saturated rings. The highest BCUT2D eigenvalue weighted by atomic mass is 16.4. The van der Waals surface area contributed by atoms with Gasteiger partial charge in [-0.15, -0.1) is 10.2 Å². The van der Waals surface area contributed by atoms with Crippen LogP contribution in [0.5, 0.6) is 0 Å². The van der Waals surface area contributed by atoms with Gasteiger partial charge in [-0.05, 0) is 69.5 Å². The van der Waals surface area contributed by atoms with E-state index in [0.717, 1.165) is 81.3 Å². The molecule has 5 rings (SSSR count). The van der Waals surface area contributed by atoms with Gasteiger partial charge in [-0.3, -0.25) is 9.69 Å². The Bertz CT molecular complexity index is 846. The van der Waals surface area contributed by atoms with E-state index >= 15 is 0 Å². The summed E-state index contributed by atoms with van der Waals surface area (Å²) in [5.74, 6) is 2.58. The van der Waals surface area contributed by atoms with Gasteiger partial charge >= 0.3 is 0 Å². The highest BCUT2D eigenvalue weighted by Gasteiger charge is 2.30. The van der Waals surface area contributed by atoms with E-state index in [-0.39, 0.29) is 5.56 Å². The monoisotopic (exact) mass is 355 g/mol. The lowest BCUT2D eigenvalue weighted by Gasteiger charge is -2.31. The minimum Gasteiger partial charge on any atom is -0.424 e. The molecule has 0 N–H and O–H groups in total. The largest absolute Gasteiger partial charge is 0.424 e. The number of nitrogens with zero attached hydrogens (tertiary/aromatic N) is 5. The van der Waals surface area contributed by atoms with Crippen molar-refractivity contribution in [3.05, 3.63) is 39.5 Å². The topological polar surface area (TPSA) is 77.1 Å². The van der Waals surface area contributed by atoms with Gasteiger partial charge in [0.1, 0.15) is 0 Å². The number of piperidine rings is 1. The van der Waals surface area contributed by atoms with E-state index in [2.05, 4.69) is 20.2 Å². The molecule has 2 aliphatic carbocycles. The maximum Gasteiger partial charge on any atom is 0.267 e. The molecular weight excluding hydrogens is 330 g/mol. The molecule has 0 atom stereocenters. The highest BCUT2D eigenvalue weighted by molar-refractivity contribution is 5.22. The Morgan fingerprint density at radius 1 is 1.12 bits per heavy atom. The van der Waals surface area contributed by atoms with Crippen LogP contribution in [-0.2, 0) is 25.9 Å². The number of hydrogen-bond acceptors (Lipinski definition) is 6. The van der Waals surface area contributed by atoms with Crippen molar-refractivity contribution in [3.63, 3.8) is 0 Å². The summed E-state index contributed by atoms with van der Waals surface area (Å²) in [5.41, 5.74) is 2.35. The smallest absolute Gasteiger partial charge is 0.267 e. The Kier molecular flexibility index (Phi) is 4.11. The third-order valence-corrected chi connectivity index (χ3v) is 5.93. The number of aryl methyl sites for hydroxylation is 2. The third-order valence-electron chi connectivity index (χ3n) is 5.93. The van der Waals surface area contributed by atoms with Gasteiger partial charge in [0.25, 0.3) is 5.56 Å². The fraction of sp³-hybridized carbons (Fsp3) is 0.684. The van der Waals surface area contributed by atoms with E-state index in [1.807, 2.05) is 0 Å². The number of likely N-dealkylation sites (tertiary alicyclic amines) is 1. The van der Waals surface area contributed by atoms with E-state index in [0.29, 0.717) is 11.8 Å². The number of fused-ring (bicyclic) bond motifs is 1. The molecule has 26 heavy (non-hydrogen) atoms. The fourth-order valence-electron chi connectivity index (χ4n) is 4.16. The van der Waals surface area contributed by atoms with Gasteiger partial charge in [-0.2, -0.15) is 5.10 Å². The van der Waals surface area contributed by atoms with Crippen LogP contribution in [0.15, 0.2) is 15.3 Å². The number of rotatable bonds is 5. The molecule has 2 aromatic rings. The van der Waals surface area contributed by atoms with Gasteiger partial charge in [-0.1, -0.05) is 0 Å². The Morgan fingerprint density at radius 2 is 1.96 bits per heavy atom. The zero-order chi connectivity index (χ0) is 17.5. The fourth-order valence-corrected chi connectivity index (χ4v) is 4.16. The summed E-state index contributed by atoms with van der Waals surface area (Å²) >= 11 is 0. The summed E-state index contributed by atoms with van der Waals surface area (Å²) in [6, 6.07) is 1.80. The van der Waals surface area contributed by atoms with Crippen molar-refractivity contribution in [1.29, 1.82) is 0 Å². The van der Waals surface area contributed by atoms with Gasteiger partial charge in [0, 0.05) is 18.5 Å². The van der Waals surface area contributed by atoms with Crippen LogP contribution in [0.25, 0.3) is 0 Å². The normalized spacial score (nSPS) is 21.2. The predicted molar refractivity (Wildman–Crippen MR) is 94.8 cm³/mol. The Hall–Kier alpha value is -2.02. The van der Waals surface area contributed by atoms with Gasteiger partial charge < -0.3 is 4.42 Å². The van der Waals surface area contributed by atoms with Crippen LogP contribution >= 0.6 is 0 Å². The van der Waals surface area contributed by atoms with Gasteiger partial charge in [-0.25, -0.2) is 4.68 Å². The summed E-state index contributed by atoms with van der Waals surface area (Å²) in [6.07, 6.45) is 7.67. The molecule has 7 nitrogen and oxygen atoms in total. The predicted octanol–water partition coefficient (Wildman–Crippen LogP) is 1.90. The van der Waals surface area contributed by atoms with Gasteiger partial charge in [0.05, 0.1) is 12.2 Å². The van der Waals surface area contributed by atoms with E-state index in [1.165, 1.54) is 12.8 Å². The van der Waals surface area contributed by atoms with Crippen LogP contribution in [0, 0.1) is 5.92 Å². The van der Waals surface area contributed by atoms with Crippen molar-refractivity contribution < 1.29 is 4.42 Å². The molecule has 1 aliphatic heterocycles. The molecule has 0 amide bonds. The first-order chi connectivity index (χ1) is 12.7. The standard InChI is InChI=1S/C19H25N5O2/c25-18-10-15-2-1-3-16(15)22-24(18)11-13-6-8-23(9-7-13)12-17-20-21-19(26-17)14-4-5-14/h10,13-14H,1-9,11-12H2. The van der Waals surface area contributed by atoms with Crippen molar-refractivity contribution in [2.45, 2.75) is 64.0 Å². The minimum absolute atomic E-state index is 0.0616. The first-order valence-corrected chi connectivity index (χ1v) is 9.89. The number of aromatic nitrogens is 4. The summed E-state index contributed by atoms with van der Waals surface area (Å²) in [6.45, 7) is 3.49. The molecule has 0 aromatic carbocycles. The van der Waals surface area contributed by atoms with Crippen molar-refractivity contribution in [3.8, 4) is 0 Å². The lowest BCUT2D eigenvalue weighted by molar-refractivity contribution is 0.151. The van der Waals surface area contributed by atoms with Gasteiger partial charge in [0.2, 0.25) is 11.8 Å². The zero-order valence-electron chi connectivity index (χ0n) is 15.1. The summed E-state index contributed by atoms with van der Waals surface area (Å²) in [7, 11) is 0. The first-order valence-electron chi connectivity index (χ1n) is 9.89. The van der Waals surface area contributed by atoms with E-state index in [4.69, 9.17) is 4.42 Å². The second-order valence-corrected chi connectivity index (χ2v) is 8.02. The molecular formula is C19H25N5O2. The quantitative estimate of drug-likeness (QED) is 0.815. The first kappa shape index (κ1) is 16.2. The van der Waals surface area contributed by atoms with Crippen molar-refractivity contribution >= 4 is 0 Å². The molecule has 7 heteroatoms. The summed E-state index contributed by atoms with van der Waals surface area (Å²) < 4.78 is 7.47. The average Bonchev–Trinajstić information content (AvgIpc) is 3.23. The second-order valence-electron chi connectivity index (χ2n) is 8.02. The van der Waals surface area contributed by atoms with E-state index < -0.39 is 0 Å². The Morgan fingerprint density at radius 3 is 2.77 bits per heavy atom. The van der Waals surface area contributed by atoms with Crippen LogP contribution in [-0.4, -0.2) is 38.0 Å². The molecule has 3 aliphatic rings. The average molecular weight is 355 g/mol. The zero-order valence-corrected chi connectivity index (χ0v) is 15.1. The Balaban J connectivity index is 1.16. The van der Waals surface area contributed by atoms with E-state index in [1.54, 1.807) is 10.7 Å². The SMILES string of the molecule is O=c1cc2c(nn1CC1CCN(Cc3nnc(C4CC4)o3)CC1)CCC2. The Labute approximate surface area is 152 Å². The van der Waals surface area contributed by atoms with Crippen LogP contribution in [0.3, 0.4) is 0 Å². The second kappa shape index (κ2) is 6.61. The lowest BCUT2D eigenvalue weighted by Crippen LogP contribution is -2.36. The lowest BCUT2D eigenvalue weighted by atomic mass is 9.97. The molecule has 0 radical (unpaired) electrons. The maximum atomic E-state index is 12.3.